The molecule has 0 spiro atoms. The summed E-state index contributed by atoms with van der Waals surface area (Å²) in [6.45, 7) is 0.323. The number of nitrogens with zero attached hydrogens (tertiary/aromatic N) is 7. The number of aryl methyl sites for hydroxylation is 1. The zero-order valence-corrected chi connectivity index (χ0v) is 19.1. The number of hydrogen-bond donors (Lipinski definition) is 1. The largest absolute Gasteiger partial charge is 0.479 e. The van der Waals surface area contributed by atoms with Gasteiger partial charge < -0.3 is 14.8 Å². The molecule has 5 heterocycles. The van der Waals surface area contributed by atoms with Crippen LogP contribution in [0.1, 0.15) is 10.5 Å². The van der Waals surface area contributed by atoms with Crippen molar-refractivity contribution < 1.29 is 26.8 Å². The molecule has 2 aliphatic heterocycles. The molecular formula is C23H25F3N8O2. The highest BCUT2D eigenvalue weighted by Crippen LogP contribution is 2.35. The Morgan fingerprint density at radius 1 is 1.31 bits per heavy atom. The standard InChI is InChI=1S/C23H25F3N8O2/c1-35-21-20-16(14-2-3-17-18(10-14)33(9-6-24)31-29-17)4-8-34(20)30-22(28-21)27-19-5-7-32(13-23(19,25)26)15-11-36-12-15/h2-4,8,10,15,19H,5-7,9,11-13H2,1H3,(H,27,30)/t19-/m1/s1/i1D3. The van der Waals surface area contributed by atoms with Crippen LogP contribution in [-0.4, -0.2) is 92.5 Å². The van der Waals surface area contributed by atoms with Crippen molar-refractivity contribution >= 4 is 22.5 Å². The summed E-state index contributed by atoms with van der Waals surface area (Å²) >= 11 is 0. The summed E-state index contributed by atoms with van der Waals surface area (Å²) in [5.41, 5.74) is 2.54. The van der Waals surface area contributed by atoms with E-state index < -0.39 is 32.2 Å². The fourth-order valence-corrected chi connectivity index (χ4v) is 4.78. The smallest absolute Gasteiger partial charge is 0.280 e. The highest BCUT2D eigenvalue weighted by Gasteiger charge is 2.47. The lowest BCUT2D eigenvalue weighted by molar-refractivity contribution is -0.131. The molecule has 0 amide bonds. The molecule has 13 heteroatoms. The van der Waals surface area contributed by atoms with Gasteiger partial charge in [-0.25, -0.2) is 22.4 Å². The van der Waals surface area contributed by atoms with Gasteiger partial charge in [-0.05, 0) is 30.2 Å². The van der Waals surface area contributed by atoms with Crippen LogP contribution in [0, 0.1) is 0 Å². The van der Waals surface area contributed by atoms with Gasteiger partial charge in [0, 0.05) is 18.3 Å². The van der Waals surface area contributed by atoms with Crippen molar-refractivity contribution in [2.45, 2.75) is 31.0 Å². The second-order valence-corrected chi connectivity index (χ2v) is 8.98. The van der Waals surface area contributed by atoms with E-state index in [1.807, 2.05) is 0 Å². The molecule has 0 saturated carbocycles. The second kappa shape index (κ2) is 8.89. The van der Waals surface area contributed by atoms with Gasteiger partial charge in [0.1, 0.15) is 17.7 Å². The minimum absolute atomic E-state index is 0.00683. The molecule has 1 aromatic carbocycles. The Kier molecular flexibility index (Phi) is 4.87. The number of fused-ring (bicyclic) bond motifs is 2. The van der Waals surface area contributed by atoms with E-state index in [2.05, 4.69) is 25.7 Å². The van der Waals surface area contributed by atoms with Crippen LogP contribution < -0.4 is 10.1 Å². The number of hydrogen-bond acceptors (Lipinski definition) is 8. The Hall–Kier alpha value is -3.45. The maximum atomic E-state index is 15.1. The first-order valence-corrected chi connectivity index (χ1v) is 11.6. The van der Waals surface area contributed by atoms with Gasteiger partial charge in [0.25, 0.3) is 5.92 Å². The SMILES string of the molecule is [2H]C([2H])([2H])Oc1nc(N[C@@H]2CCN(C3COC3)CC2(F)F)nn2ccc(-c3ccc4nnn(CCF)c4c3)c12. The van der Waals surface area contributed by atoms with Gasteiger partial charge in [-0.3, -0.25) is 4.90 Å². The predicted octanol–water partition coefficient (Wildman–Crippen LogP) is 2.64. The lowest BCUT2D eigenvalue weighted by Gasteiger charge is -2.44. The van der Waals surface area contributed by atoms with Crippen molar-refractivity contribution in [3.63, 3.8) is 0 Å². The highest BCUT2D eigenvalue weighted by molar-refractivity contribution is 5.89. The highest BCUT2D eigenvalue weighted by atomic mass is 19.3. The number of piperidine rings is 1. The summed E-state index contributed by atoms with van der Waals surface area (Å²) in [5, 5.41) is 15.0. The lowest BCUT2D eigenvalue weighted by atomic mass is 9.98. The Morgan fingerprint density at radius 2 is 2.19 bits per heavy atom. The van der Waals surface area contributed by atoms with Crippen LogP contribution in [0.25, 0.3) is 27.7 Å². The number of ether oxygens (including phenoxy) is 2. The van der Waals surface area contributed by atoms with Gasteiger partial charge in [0.2, 0.25) is 11.8 Å². The molecule has 3 aromatic heterocycles. The molecule has 1 N–H and O–H groups in total. The van der Waals surface area contributed by atoms with E-state index in [1.54, 1.807) is 35.4 Å². The first kappa shape index (κ1) is 19.7. The Labute approximate surface area is 208 Å². The quantitative estimate of drug-likeness (QED) is 0.410. The number of nitrogens with one attached hydrogen (secondary N) is 1. The van der Waals surface area contributed by atoms with Crippen molar-refractivity contribution in [3.05, 3.63) is 30.5 Å². The van der Waals surface area contributed by atoms with Crippen molar-refractivity contribution in [1.29, 1.82) is 0 Å². The average Bonchev–Trinajstić information content (AvgIpc) is 3.43. The Balaban J connectivity index is 1.35. The van der Waals surface area contributed by atoms with Crippen molar-refractivity contribution in [3.8, 4) is 17.0 Å². The van der Waals surface area contributed by atoms with Crippen LogP contribution in [0.4, 0.5) is 19.1 Å². The summed E-state index contributed by atoms with van der Waals surface area (Å²) in [6, 6.07) is 5.62. The maximum absolute atomic E-state index is 15.1. The topological polar surface area (TPSA) is 94.6 Å². The summed E-state index contributed by atoms with van der Waals surface area (Å²) in [7, 11) is -2.86. The third-order valence-electron chi connectivity index (χ3n) is 6.77. The molecule has 6 rings (SSSR count). The van der Waals surface area contributed by atoms with Gasteiger partial charge in [0.05, 0.1) is 55.1 Å². The number of likely N-dealkylation sites (tertiary alicyclic amines) is 1. The molecule has 10 nitrogen and oxygen atoms in total. The lowest BCUT2D eigenvalue weighted by Crippen LogP contribution is -2.61. The number of rotatable bonds is 7. The molecule has 2 fully saturated rings. The number of alkyl halides is 3. The molecule has 36 heavy (non-hydrogen) atoms. The molecule has 0 unspecified atom stereocenters. The van der Waals surface area contributed by atoms with Gasteiger partial charge >= 0.3 is 0 Å². The van der Waals surface area contributed by atoms with E-state index in [9.17, 15) is 4.39 Å². The van der Waals surface area contributed by atoms with E-state index in [-0.39, 0.29) is 36.4 Å². The Bertz CT molecular complexity index is 1510. The van der Waals surface area contributed by atoms with Crippen molar-refractivity contribution in [1.82, 2.24) is 34.5 Å². The molecule has 0 radical (unpaired) electrons. The van der Waals surface area contributed by atoms with Crippen LogP contribution in [0.3, 0.4) is 0 Å². The fourth-order valence-electron chi connectivity index (χ4n) is 4.78. The molecule has 0 aliphatic carbocycles. The van der Waals surface area contributed by atoms with Crippen molar-refractivity contribution in [2.75, 3.05) is 45.3 Å². The van der Waals surface area contributed by atoms with Crippen LogP contribution in [0.2, 0.25) is 0 Å². The second-order valence-electron chi connectivity index (χ2n) is 8.98. The zero-order chi connectivity index (χ0) is 27.4. The van der Waals surface area contributed by atoms with Crippen molar-refractivity contribution in [2.24, 2.45) is 0 Å². The minimum atomic E-state index is -3.08. The van der Waals surface area contributed by atoms with E-state index in [4.69, 9.17) is 13.6 Å². The summed E-state index contributed by atoms with van der Waals surface area (Å²) in [4.78, 5) is 5.93. The van der Waals surface area contributed by atoms with Crippen LogP contribution >= 0.6 is 0 Å². The molecule has 2 aliphatic rings. The van der Waals surface area contributed by atoms with Gasteiger partial charge in [-0.15, -0.1) is 10.2 Å². The zero-order valence-electron chi connectivity index (χ0n) is 22.1. The fraction of sp³-hybridized carbons (Fsp3) is 0.478. The first-order valence-electron chi connectivity index (χ1n) is 13.1. The number of benzene rings is 1. The monoisotopic (exact) mass is 505 g/mol. The summed E-state index contributed by atoms with van der Waals surface area (Å²) in [5.74, 6) is -3.56. The minimum Gasteiger partial charge on any atom is -0.479 e. The first-order chi connectivity index (χ1) is 18.6. The normalized spacial score (nSPS) is 22.2. The van der Waals surface area contributed by atoms with Crippen LogP contribution in [0.5, 0.6) is 5.88 Å². The maximum Gasteiger partial charge on any atom is 0.280 e. The molecule has 0 bridgehead atoms. The van der Waals surface area contributed by atoms with Crippen LogP contribution in [0.15, 0.2) is 30.5 Å². The number of aromatic nitrogens is 6. The van der Waals surface area contributed by atoms with E-state index in [1.165, 1.54) is 9.20 Å². The van der Waals surface area contributed by atoms with E-state index >= 15 is 8.78 Å². The average molecular weight is 506 g/mol. The third kappa shape index (κ3) is 3.91. The van der Waals surface area contributed by atoms with E-state index in [0.29, 0.717) is 41.9 Å². The molecule has 4 aromatic rings. The molecule has 1 atom stereocenters. The third-order valence-corrected chi connectivity index (χ3v) is 6.77. The summed E-state index contributed by atoms with van der Waals surface area (Å²) in [6.07, 6.45) is 1.69. The van der Waals surface area contributed by atoms with Gasteiger partial charge in [0.15, 0.2) is 0 Å². The summed E-state index contributed by atoms with van der Waals surface area (Å²) < 4.78 is 79.1. The van der Waals surface area contributed by atoms with Crippen LogP contribution in [-0.2, 0) is 11.3 Å². The Morgan fingerprint density at radius 3 is 2.94 bits per heavy atom. The number of methoxy groups -OCH3 is 1. The predicted molar refractivity (Wildman–Crippen MR) is 125 cm³/mol. The number of halogens is 3. The number of anilines is 1. The van der Waals surface area contributed by atoms with E-state index in [0.717, 1.165) is 0 Å². The van der Waals surface area contributed by atoms with Gasteiger partial charge in [-0.1, -0.05) is 11.3 Å². The molecular weight excluding hydrogens is 477 g/mol. The molecule has 2 saturated heterocycles. The molecule has 190 valence electrons. The van der Waals surface area contributed by atoms with Gasteiger partial charge in [-0.2, -0.15) is 4.98 Å².